The number of carbonyl (C=O) groups excluding carboxylic acids is 1. The second kappa shape index (κ2) is 8.73. The first kappa shape index (κ1) is 18.3. The number of benzene rings is 2. The van der Waals surface area contributed by atoms with Gasteiger partial charge in [0, 0.05) is 5.56 Å². The van der Waals surface area contributed by atoms with Crippen molar-refractivity contribution in [3.8, 4) is 17.2 Å². The lowest BCUT2D eigenvalue weighted by atomic mass is 10.2. The van der Waals surface area contributed by atoms with E-state index in [9.17, 15) is 9.90 Å². The molecule has 0 bridgehead atoms. The number of nitrogens with one attached hydrogen (secondary N) is 1. The Labute approximate surface area is 147 Å². The number of carbonyl (C=O) groups is 1. The molecule has 0 fully saturated rings. The van der Waals surface area contributed by atoms with E-state index in [0.29, 0.717) is 29.4 Å². The molecule has 0 aliphatic carbocycles. The minimum atomic E-state index is -0.329. The molecule has 0 unspecified atom stereocenters. The predicted octanol–water partition coefficient (Wildman–Crippen LogP) is 3.20. The fraction of sp³-hybridized carbons (Fsp3) is 0.263. The van der Waals surface area contributed by atoms with Crippen LogP contribution < -0.4 is 14.9 Å². The summed E-state index contributed by atoms with van der Waals surface area (Å²) >= 11 is 0. The topological polar surface area (TPSA) is 80.2 Å². The molecule has 0 aliphatic heterocycles. The van der Waals surface area contributed by atoms with Gasteiger partial charge in [-0.15, -0.1) is 0 Å². The van der Waals surface area contributed by atoms with E-state index >= 15 is 0 Å². The minimum Gasteiger partial charge on any atom is -0.504 e. The molecule has 132 valence electrons. The molecule has 0 radical (unpaired) electrons. The molecule has 0 spiro atoms. The van der Waals surface area contributed by atoms with Crippen molar-refractivity contribution in [3.05, 3.63) is 53.6 Å². The number of hydrazone groups is 1. The Morgan fingerprint density at radius 3 is 2.56 bits per heavy atom. The van der Waals surface area contributed by atoms with Crippen LogP contribution in [0.15, 0.2) is 47.6 Å². The Bertz CT molecular complexity index is 740. The first-order valence-electron chi connectivity index (χ1n) is 7.93. The maximum absolute atomic E-state index is 12.0. The first-order chi connectivity index (χ1) is 12.0. The molecule has 6 nitrogen and oxygen atoms in total. The number of ether oxygens (including phenoxy) is 2. The second-order valence-electron chi connectivity index (χ2n) is 5.86. The molecule has 1 amide bonds. The number of hydrogen-bond acceptors (Lipinski definition) is 5. The third-order valence-corrected chi connectivity index (χ3v) is 3.28. The van der Waals surface area contributed by atoms with Crippen LogP contribution in [-0.2, 0) is 0 Å². The van der Waals surface area contributed by atoms with Gasteiger partial charge in [0.2, 0.25) is 0 Å². The Hall–Kier alpha value is -3.02. The summed E-state index contributed by atoms with van der Waals surface area (Å²) in [4.78, 5) is 12.0. The summed E-state index contributed by atoms with van der Waals surface area (Å²) in [5.74, 6) is 1.22. The zero-order valence-corrected chi connectivity index (χ0v) is 14.5. The molecular weight excluding hydrogens is 320 g/mol. The summed E-state index contributed by atoms with van der Waals surface area (Å²) in [5, 5.41) is 13.6. The molecule has 0 aromatic heterocycles. The van der Waals surface area contributed by atoms with Crippen molar-refractivity contribution < 1.29 is 19.4 Å². The van der Waals surface area contributed by atoms with Gasteiger partial charge in [-0.05, 0) is 53.9 Å². The van der Waals surface area contributed by atoms with Gasteiger partial charge in [-0.25, -0.2) is 5.43 Å². The van der Waals surface area contributed by atoms with Crippen LogP contribution in [-0.4, -0.2) is 30.9 Å². The highest BCUT2D eigenvalue weighted by Gasteiger charge is 2.05. The fourth-order valence-corrected chi connectivity index (χ4v) is 1.98. The molecular formula is C19H22N2O4. The van der Waals surface area contributed by atoms with Gasteiger partial charge >= 0.3 is 0 Å². The summed E-state index contributed by atoms with van der Waals surface area (Å²) in [6, 6.07) is 11.7. The summed E-state index contributed by atoms with van der Waals surface area (Å²) in [6.45, 7) is 4.77. The highest BCUT2D eigenvalue weighted by Crippen LogP contribution is 2.25. The van der Waals surface area contributed by atoms with Gasteiger partial charge < -0.3 is 14.6 Å². The largest absolute Gasteiger partial charge is 0.504 e. The number of phenolic OH excluding ortho intramolecular Hbond substituents is 1. The van der Waals surface area contributed by atoms with E-state index in [1.807, 2.05) is 0 Å². The van der Waals surface area contributed by atoms with E-state index in [0.717, 1.165) is 5.75 Å². The van der Waals surface area contributed by atoms with Crippen molar-refractivity contribution in [2.24, 2.45) is 11.0 Å². The van der Waals surface area contributed by atoms with E-state index in [1.54, 1.807) is 36.4 Å². The molecule has 25 heavy (non-hydrogen) atoms. The second-order valence-corrected chi connectivity index (χ2v) is 5.86. The molecule has 0 saturated heterocycles. The molecule has 0 saturated carbocycles. The normalized spacial score (nSPS) is 10.9. The molecule has 2 rings (SSSR count). The third-order valence-electron chi connectivity index (χ3n) is 3.28. The highest BCUT2D eigenvalue weighted by molar-refractivity contribution is 5.95. The van der Waals surface area contributed by atoms with Gasteiger partial charge in [-0.2, -0.15) is 5.10 Å². The molecule has 2 aromatic carbocycles. The van der Waals surface area contributed by atoms with E-state index in [-0.39, 0.29) is 11.7 Å². The Kier molecular flexibility index (Phi) is 6.39. The maximum atomic E-state index is 12.0. The maximum Gasteiger partial charge on any atom is 0.271 e. The quantitative estimate of drug-likeness (QED) is 0.598. The lowest BCUT2D eigenvalue weighted by Crippen LogP contribution is -2.17. The first-order valence-corrected chi connectivity index (χ1v) is 7.93. The molecule has 2 aromatic rings. The van der Waals surface area contributed by atoms with Crippen LogP contribution >= 0.6 is 0 Å². The van der Waals surface area contributed by atoms with Gasteiger partial charge in [0.1, 0.15) is 5.75 Å². The summed E-state index contributed by atoms with van der Waals surface area (Å²) < 4.78 is 10.5. The molecule has 2 N–H and O–H groups in total. The number of hydrogen-bond donors (Lipinski definition) is 2. The predicted molar refractivity (Wildman–Crippen MR) is 96.5 cm³/mol. The van der Waals surface area contributed by atoms with Crippen LogP contribution in [0.2, 0.25) is 0 Å². The highest BCUT2D eigenvalue weighted by atomic mass is 16.5. The van der Waals surface area contributed by atoms with E-state index in [4.69, 9.17) is 9.47 Å². The summed E-state index contributed by atoms with van der Waals surface area (Å²) in [7, 11) is 1.47. The average molecular weight is 342 g/mol. The van der Waals surface area contributed by atoms with E-state index in [2.05, 4.69) is 24.4 Å². The van der Waals surface area contributed by atoms with Gasteiger partial charge in [0.15, 0.2) is 11.5 Å². The number of amides is 1. The lowest BCUT2D eigenvalue weighted by Gasteiger charge is -2.08. The lowest BCUT2D eigenvalue weighted by molar-refractivity contribution is 0.0955. The smallest absolute Gasteiger partial charge is 0.271 e. The summed E-state index contributed by atoms with van der Waals surface area (Å²) in [5.41, 5.74) is 3.56. The van der Waals surface area contributed by atoms with Crippen LogP contribution in [0.5, 0.6) is 17.2 Å². The van der Waals surface area contributed by atoms with Gasteiger partial charge in [-0.1, -0.05) is 13.8 Å². The van der Waals surface area contributed by atoms with Crippen molar-refractivity contribution in [1.29, 1.82) is 0 Å². The van der Waals surface area contributed by atoms with E-state index in [1.165, 1.54) is 19.4 Å². The molecule has 0 aliphatic rings. The van der Waals surface area contributed by atoms with Gasteiger partial charge in [0.25, 0.3) is 5.91 Å². The summed E-state index contributed by atoms with van der Waals surface area (Å²) in [6.07, 6.45) is 1.44. The van der Waals surface area contributed by atoms with Crippen molar-refractivity contribution in [2.75, 3.05) is 13.7 Å². The van der Waals surface area contributed by atoms with Gasteiger partial charge in [-0.3, -0.25) is 4.79 Å². The number of methoxy groups -OCH3 is 1. The molecule has 0 atom stereocenters. The SMILES string of the molecule is COc1ccc(/C=N/NC(=O)c2ccc(OCC(C)C)cc2)cc1O. The molecule has 0 heterocycles. The van der Waals surface area contributed by atoms with E-state index < -0.39 is 0 Å². The number of rotatable bonds is 7. The Morgan fingerprint density at radius 2 is 1.96 bits per heavy atom. The minimum absolute atomic E-state index is 0.00904. The standard InChI is InChI=1S/C19H22N2O4/c1-13(2)12-25-16-7-5-15(6-8-16)19(23)21-20-11-14-4-9-18(24-3)17(22)10-14/h4-11,13,22H,12H2,1-3H3,(H,21,23)/b20-11+. The number of nitrogens with zero attached hydrogens (tertiary/aromatic N) is 1. The van der Waals surface area contributed by atoms with Gasteiger partial charge in [0.05, 0.1) is 19.9 Å². The fourth-order valence-electron chi connectivity index (χ4n) is 1.98. The molecule has 6 heteroatoms. The number of aromatic hydroxyl groups is 1. The van der Waals surface area contributed by atoms with Crippen LogP contribution in [0, 0.1) is 5.92 Å². The average Bonchev–Trinajstić information content (AvgIpc) is 2.60. The van der Waals surface area contributed by atoms with Crippen molar-refractivity contribution in [3.63, 3.8) is 0 Å². The van der Waals surface area contributed by atoms with Crippen LogP contribution in [0.25, 0.3) is 0 Å². The van der Waals surface area contributed by atoms with Crippen LogP contribution in [0.1, 0.15) is 29.8 Å². The van der Waals surface area contributed by atoms with Crippen molar-refractivity contribution in [1.82, 2.24) is 5.43 Å². The number of phenols is 1. The van der Waals surface area contributed by atoms with Crippen LogP contribution in [0.3, 0.4) is 0 Å². The monoisotopic (exact) mass is 342 g/mol. The van der Waals surface area contributed by atoms with Crippen molar-refractivity contribution >= 4 is 12.1 Å². The van der Waals surface area contributed by atoms with Crippen LogP contribution in [0.4, 0.5) is 0 Å². The zero-order chi connectivity index (χ0) is 18.2. The van der Waals surface area contributed by atoms with Crippen molar-refractivity contribution in [2.45, 2.75) is 13.8 Å². The Morgan fingerprint density at radius 1 is 1.24 bits per heavy atom. The Balaban J connectivity index is 1.92. The third kappa shape index (κ3) is 5.53. The zero-order valence-electron chi connectivity index (χ0n) is 14.5.